The molecule has 19 heavy (non-hydrogen) atoms. The standard InChI is InChI=1S/C16H25NOS/c1-3-18-15-8-5-13(6-9-15)12-17-14-7-10-16(11-14)19-4-2/h5-6,8-9,14,16-17H,3-4,7,10-12H2,1-2H3. The third kappa shape index (κ3) is 4.73. The van der Waals surface area contributed by atoms with Crippen LogP contribution in [0.3, 0.4) is 0 Å². The Morgan fingerprint density at radius 3 is 2.68 bits per heavy atom. The van der Waals surface area contributed by atoms with Crippen molar-refractivity contribution >= 4 is 11.8 Å². The van der Waals surface area contributed by atoms with Gasteiger partial charge in [0, 0.05) is 17.8 Å². The third-order valence-corrected chi connectivity index (χ3v) is 4.85. The lowest BCUT2D eigenvalue weighted by atomic mass is 10.2. The van der Waals surface area contributed by atoms with Gasteiger partial charge in [-0.25, -0.2) is 0 Å². The fraction of sp³-hybridized carbons (Fsp3) is 0.625. The first-order valence-corrected chi connectivity index (χ1v) is 8.43. The minimum absolute atomic E-state index is 0.704. The first-order chi connectivity index (χ1) is 9.31. The molecular formula is C16H25NOS. The van der Waals surface area contributed by atoms with Crippen molar-refractivity contribution < 1.29 is 4.74 Å². The third-order valence-electron chi connectivity index (χ3n) is 3.62. The molecule has 1 aromatic rings. The van der Waals surface area contributed by atoms with Gasteiger partial charge in [-0.3, -0.25) is 0 Å². The van der Waals surface area contributed by atoms with Crippen LogP contribution in [-0.4, -0.2) is 23.7 Å². The second-order valence-corrected chi connectivity index (χ2v) is 6.62. The van der Waals surface area contributed by atoms with Gasteiger partial charge in [0.1, 0.15) is 5.75 Å². The summed E-state index contributed by atoms with van der Waals surface area (Å²) < 4.78 is 5.46. The molecule has 1 fully saturated rings. The number of ether oxygens (including phenoxy) is 1. The van der Waals surface area contributed by atoms with E-state index in [0.717, 1.165) is 24.2 Å². The van der Waals surface area contributed by atoms with Gasteiger partial charge < -0.3 is 10.1 Å². The number of thioether (sulfide) groups is 1. The molecule has 106 valence electrons. The first-order valence-electron chi connectivity index (χ1n) is 7.38. The summed E-state index contributed by atoms with van der Waals surface area (Å²) in [6.07, 6.45) is 4.03. The predicted octanol–water partition coefficient (Wildman–Crippen LogP) is 3.85. The topological polar surface area (TPSA) is 21.3 Å². The Bertz CT molecular complexity index is 366. The van der Waals surface area contributed by atoms with E-state index in [9.17, 15) is 0 Å². The Morgan fingerprint density at radius 2 is 2.00 bits per heavy atom. The van der Waals surface area contributed by atoms with Gasteiger partial charge in [-0.2, -0.15) is 11.8 Å². The molecule has 3 heteroatoms. The van der Waals surface area contributed by atoms with E-state index in [0.29, 0.717) is 6.04 Å². The van der Waals surface area contributed by atoms with Crippen LogP contribution >= 0.6 is 11.8 Å². The average Bonchev–Trinajstić information content (AvgIpc) is 2.87. The molecule has 0 heterocycles. The van der Waals surface area contributed by atoms with Crippen LogP contribution in [0.5, 0.6) is 5.75 Å². The van der Waals surface area contributed by atoms with Crippen molar-refractivity contribution in [3.63, 3.8) is 0 Å². The lowest BCUT2D eigenvalue weighted by molar-refractivity contribution is 0.340. The molecule has 1 saturated carbocycles. The lowest BCUT2D eigenvalue weighted by Gasteiger charge is -2.13. The van der Waals surface area contributed by atoms with E-state index in [1.807, 2.05) is 6.92 Å². The van der Waals surface area contributed by atoms with Crippen molar-refractivity contribution in [3.8, 4) is 5.75 Å². The van der Waals surface area contributed by atoms with Gasteiger partial charge in [-0.15, -0.1) is 0 Å². The summed E-state index contributed by atoms with van der Waals surface area (Å²) in [5.41, 5.74) is 1.34. The minimum atomic E-state index is 0.704. The van der Waals surface area contributed by atoms with Crippen LogP contribution in [-0.2, 0) is 6.54 Å². The van der Waals surface area contributed by atoms with Gasteiger partial charge in [0.05, 0.1) is 6.61 Å². The first kappa shape index (κ1) is 14.7. The number of benzene rings is 1. The number of rotatable bonds is 7. The summed E-state index contributed by atoms with van der Waals surface area (Å²) in [4.78, 5) is 0. The second kappa shape index (κ2) is 7.81. The van der Waals surface area contributed by atoms with Gasteiger partial charge >= 0.3 is 0 Å². The fourth-order valence-corrected chi connectivity index (χ4v) is 3.79. The van der Waals surface area contributed by atoms with Crippen LogP contribution in [0, 0.1) is 0 Å². The molecule has 2 nitrogen and oxygen atoms in total. The zero-order valence-electron chi connectivity index (χ0n) is 12.0. The average molecular weight is 279 g/mol. The highest BCUT2D eigenvalue weighted by Crippen LogP contribution is 2.29. The van der Waals surface area contributed by atoms with Crippen molar-refractivity contribution in [1.29, 1.82) is 0 Å². The smallest absolute Gasteiger partial charge is 0.119 e. The summed E-state index contributed by atoms with van der Waals surface area (Å²) in [5.74, 6) is 2.21. The zero-order valence-corrected chi connectivity index (χ0v) is 12.8. The molecule has 0 aliphatic heterocycles. The van der Waals surface area contributed by atoms with Gasteiger partial charge in [0.25, 0.3) is 0 Å². The summed E-state index contributed by atoms with van der Waals surface area (Å²) in [7, 11) is 0. The molecule has 1 aliphatic rings. The van der Waals surface area contributed by atoms with Crippen LogP contribution in [0.2, 0.25) is 0 Å². The van der Waals surface area contributed by atoms with Crippen LogP contribution in [0.4, 0.5) is 0 Å². The van der Waals surface area contributed by atoms with Gasteiger partial charge in [-0.05, 0) is 49.6 Å². The van der Waals surface area contributed by atoms with E-state index < -0.39 is 0 Å². The van der Waals surface area contributed by atoms with E-state index in [2.05, 4.69) is 48.3 Å². The lowest BCUT2D eigenvalue weighted by Crippen LogP contribution is -2.26. The SMILES string of the molecule is CCOc1ccc(CNC2CCC(SCC)C2)cc1. The summed E-state index contributed by atoms with van der Waals surface area (Å²) >= 11 is 2.12. The molecule has 1 aliphatic carbocycles. The highest BCUT2D eigenvalue weighted by atomic mass is 32.2. The molecule has 0 spiro atoms. The van der Waals surface area contributed by atoms with E-state index in [1.54, 1.807) is 0 Å². The Labute approximate surface area is 121 Å². The maximum absolute atomic E-state index is 5.46. The largest absolute Gasteiger partial charge is 0.494 e. The van der Waals surface area contributed by atoms with Crippen LogP contribution in [0.25, 0.3) is 0 Å². The summed E-state index contributed by atoms with van der Waals surface area (Å²) in [5, 5.41) is 4.56. The highest BCUT2D eigenvalue weighted by molar-refractivity contribution is 7.99. The van der Waals surface area contributed by atoms with Crippen molar-refractivity contribution in [2.75, 3.05) is 12.4 Å². The maximum atomic E-state index is 5.46. The molecule has 0 amide bonds. The molecule has 2 atom stereocenters. The van der Waals surface area contributed by atoms with Crippen LogP contribution in [0.15, 0.2) is 24.3 Å². The Kier molecular flexibility index (Phi) is 6.05. The van der Waals surface area contributed by atoms with Gasteiger partial charge in [0.2, 0.25) is 0 Å². The monoisotopic (exact) mass is 279 g/mol. The number of hydrogen-bond donors (Lipinski definition) is 1. The Balaban J connectivity index is 1.73. The quantitative estimate of drug-likeness (QED) is 0.819. The normalized spacial score (nSPS) is 22.6. The van der Waals surface area contributed by atoms with Crippen molar-refractivity contribution in [1.82, 2.24) is 5.32 Å². The second-order valence-electron chi connectivity index (χ2n) is 5.05. The van der Waals surface area contributed by atoms with E-state index >= 15 is 0 Å². The molecule has 0 aromatic heterocycles. The van der Waals surface area contributed by atoms with Gasteiger partial charge in [0.15, 0.2) is 0 Å². The van der Waals surface area contributed by atoms with Crippen LogP contribution in [0.1, 0.15) is 38.7 Å². The molecule has 2 unspecified atom stereocenters. The Morgan fingerprint density at radius 1 is 1.21 bits per heavy atom. The molecule has 0 radical (unpaired) electrons. The van der Waals surface area contributed by atoms with E-state index in [4.69, 9.17) is 4.74 Å². The maximum Gasteiger partial charge on any atom is 0.119 e. The number of nitrogens with one attached hydrogen (secondary N) is 1. The zero-order chi connectivity index (χ0) is 13.5. The molecule has 1 aromatic carbocycles. The van der Waals surface area contributed by atoms with E-state index in [1.165, 1.54) is 30.6 Å². The minimum Gasteiger partial charge on any atom is -0.494 e. The Hall–Kier alpha value is -0.670. The summed E-state index contributed by atoms with van der Waals surface area (Å²) in [6.45, 7) is 5.97. The summed E-state index contributed by atoms with van der Waals surface area (Å²) in [6, 6.07) is 9.14. The van der Waals surface area contributed by atoms with Crippen molar-refractivity contribution in [2.45, 2.75) is 50.9 Å². The molecular weight excluding hydrogens is 254 g/mol. The van der Waals surface area contributed by atoms with Crippen molar-refractivity contribution in [2.24, 2.45) is 0 Å². The van der Waals surface area contributed by atoms with Gasteiger partial charge in [-0.1, -0.05) is 19.1 Å². The predicted molar refractivity (Wildman–Crippen MR) is 84.0 cm³/mol. The molecule has 0 bridgehead atoms. The molecule has 1 N–H and O–H groups in total. The van der Waals surface area contributed by atoms with Crippen LogP contribution < -0.4 is 10.1 Å². The molecule has 2 rings (SSSR count). The van der Waals surface area contributed by atoms with Crippen molar-refractivity contribution in [3.05, 3.63) is 29.8 Å². The fourth-order valence-electron chi connectivity index (χ4n) is 2.64. The number of hydrogen-bond acceptors (Lipinski definition) is 3. The highest BCUT2D eigenvalue weighted by Gasteiger charge is 2.23. The molecule has 0 saturated heterocycles. The van der Waals surface area contributed by atoms with E-state index in [-0.39, 0.29) is 0 Å².